The summed E-state index contributed by atoms with van der Waals surface area (Å²) >= 11 is 18.8. The van der Waals surface area contributed by atoms with Gasteiger partial charge in [0.05, 0.1) is 10.6 Å². The maximum absolute atomic E-state index is 13.9. The first-order valence-corrected chi connectivity index (χ1v) is 14.5. The summed E-state index contributed by atoms with van der Waals surface area (Å²) < 4.78 is 28.5. The molecule has 202 valence electrons. The second kappa shape index (κ2) is 13.3. The van der Waals surface area contributed by atoms with Crippen molar-refractivity contribution in [1.29, 1.82) is 0 Å². The van der Waals surface area contributed by atoms with Gasteiger partial charge >= 0.3 is 0 Å². The number of benzene rings is 3. The van der Waals surface area contributed by atoms with Crippen molar-refractivity contribution >= 4 is 62.3 Å². The highest BCUT2D eigenvalue weighted by molar-refractivity contribution is 7.92. The van der Waals surface area contributed by atoms with E-state index in [9.17, 15) is 18.0 Å². The Morgan fingerprint density at radius 2 is 1.50 bits per heavy atom. The fourth-order valence-corrected chi connectivity index (χ4v) is 6.08. The molecule has 0 heterocycles. The van der Waals surface area contributed by atoms with Gasteiger partial charge in [0.25, 0.3) is 10.0 Å². The van der Waals surface area contributed by atoms with Crippen LogP contribution in [0, 0.1) is 0 Å². The molecule has 0 aromatic heterocycles. The number of nitrogens with one attached hydrogen (secondary N) is 1. The Labute approximate surface area is 238 Å². The molecule has 0 fully saturated rings. The van der Waals surface area contributed by atoms with Crippen LogP contribution in [0.3, 0.4) is 0 Å². The summed E-state index contributed by atoms with van der Waals surface area (Å²) in [6.07, 6.45) is 0.302. The van der Waals surface area contributed by atoms with Gasteiger partial charge in [0, 0.05) is 28.2 Å². The maximum Gasteiger partial charge on any atom is 0.264 e. The van der Waals surface area contributed by atoms with Gasteiger partial charge in [-0.1, -0.05) is 78.1 Å². The van der Waals surface area contributed by atoms with Gasteiger partial charge in [-0.3, -0.25) is 13.9 Å². The number of carbonyl (C=O) groups excluding carboxylic acids is 2. The molecular weight excluding hydrogens is 569 g/mol. The molecule has 7 nitrogen and oxygen atoms in total. The standard InChI is InChI=1S/C27H28Cl3N3O4S/c1-3-25(27(35)31-4-2)32(17-19-10-8-9-13-24(19)30)26(34)18-33(22-15-20(28)14-21(29)16-22)38(36,37)23-11-6-5-7-12-23/h5-16,25H,3-4,17-18H2,1-2H3,(H,31,35). The third-order valence-electron chi connectivity index (χ3n) is 5.78. The fourth-order valence-electron chi connectivity index (χ4n) is 3.95. The number of nitrogens with zero attached hydrogens (tertiary/aromatic N) is 2. The van der Waals surface area contributed by atoms with Crippen LogP contribution in [0.1, 0.15) is 25.8 Å². The Hall–Kier alpha value is -2.78. The number of sulfonamides is 1. The zero-order valence-corrected chi connectivity index (χ0v) is 24.0. The normalized spacial score (nSPS) is 12.0. The molecule has 3 rings (SSSR count). The van der Waals surface area contributed by atoms with Gasteiger partial charge in [-0.2, -0.15) is 0 Å². The molecule has 3 aromatic rings. The second-order valence-electron chi connectivity index (χ2n) is 8.38. The summed E-state index contributed by atoms with van der Waals surface area (Å²) in [5, 5.41) is 3.59. The van der Waals surface area contributed by atoms with Gasteiger partial charge in [0.2, 0.25) is 11.8 Å². The predicted octanol–water partition coefficient (Wildman–Crippen LogP) is 5.79. The molecule has 11 heteroatoms. The average molecular weight is 597 g/mol. The number of halogens is 3. The first-order valence-electron chi connectivity index (χ1n) is 11.9. The van der Waals surface area contributed by atoms with E-state index in [2.05, 4.69) is 5.32 Å². The second-order valence-corrected chi connectivity index (χ2v) is 11.5. The monoisotopic (exact) mass is 595 g/mol. The molecule has 0 bridgehead atoms. The molecule has 0 saturated carbocycles. The summed E-state index contributed by atoms with van der Waals surface area (Å²) in [6, 6.07) is 18.1. The molecule has 0 radical (unpaired) electrons. The molecule has 0 saturated heterocycles. The van der Waals surface area contributed by atoms with Gasteiger partial charge in [-0.25, -0.2) is 8.42 Å². The molecule has 1 atom stereocenters. The lowest BCUT2D eigenvalue weighted by Gasteiger charge is -2.33. The van der Waals surface area contributed by atoms with Crippen molar-refractivity contribution in [3.8, 4) is 0 Å². The molecule has 2 amide bonds. The molecule has 0 aliphatic rings. The minimum atomic E-state index is -4.22. The van der Waals surface area contributed by atoms with E-state index in [0.29, 0.717) is 23.6 Å². The van der Waals surface area contributed by atoms with E-state index in [4.69, 9.17) is 34.8 Å². The van der Waals surface area contributed by atoms with Gasteiger partial charge in [0.15, 0.2) is 0 Å². The largest absolute Gasteiger partial charge is 0.355 e. The van der Waals surface area contributed by atoms with Crippen molar-refractivity contribution in [2.75, 3.05) is 17.4 Å². The quantitative estimate of drug-likeness (QED) is 0.304. The summed E-state index contributed by atoms with van der Waals surface area (Å²) in [4.78, 5) is 28.2. The molecule has 0 spiro atoms. The van der Waals surface area contributed by atoms with E-state index in [0.717, 1.165) is 4.31 Å². The fraction of sp³-hybridized carbons (Fsp3) is 0.259. The highest BCUT2D eigenvalue weighted by atomic mass is 35.5. The highest BCUT2D eigenvalue weighted by Gasteiger charge is 2.34. The van der Waals surface area contributed by atoms with Crippen molar-refractivity contribution in [2.45, 2.75) is 37.8 Å². The van der Waals surface area contributed by atoms with Crippen molar-refractivity contribution in [1.82, 2.24) is 10.2 Å². The lowest BCUT2D eigenvalue weighted by atomic mass is 10.1. The first kappa shape index (κ1) is 29.8. The van der Waals surface area contributed by atoms with E-state index in [1.807, 2.05) is 0 Å². The van der Waals surface area contributed by atoms with Crippen LogP contribution in [0.15, 0.2) is 77.7 Å². The Bertz CT molecular complexity index is 1370. The van der Waals surface area contributed by atoms with Crippen molar-refractivity contribution in [3.63, 3.8) is 0 Å². The topological polar surface area (TPSA) is 86.8 Å². The highest BCUT2D eigenvalue weighted by Crippen LogP contribution is 2.30. The summed E-state index contributed by atoms with van der Waals surface area (Å²) in [5.74, 6) is -0.947. The molecule has 1 N–H and O–H groups in total. The predicted molar refractivity (Wildman–Crippen MR) is 152 cm³/mol. The van der Waals surface area contributed by atoms with E-state index >= 15 is 0 Å². The molecule has 1 unspecified atom stereocenters. The van der Waals surface area contributed by atoms with E-state index in [-0.39, 0.29) is 33.1 Å². The van der Waals surface area contributed by atoms with Crippen molar-refractivity contribution in [3.05, 3.63) is 93.4 Å². The third-order valence-corrected chi connectivity index (χ3v) is 8.37. The SMILES string of the molecule is CCNC(=O)C(CC)N(Cc1ccccc1Cl)C(=O)CN(c1cc(Cl)cc(Cl)c1)S(=O)(=O)c1ccccc1. The van der Waals surface area contributed by atoms with Crippen LogP contribution < -0.4 is 9.62 Å². The van der Waals surface area contributed by atoms with Crippen LogP contribution in [0.2, 0.25) is 15.1 Å². The van der Waals surface area contributed by atoms with E-state index in [1.165, 1.54) is 35.2 Å². The number of amides is 2. The van der Waals surface area contributed by atoms with Gasteiger partial charge < -0.3 is 10.2 Å². The molecule has 0 aliphatic heterocycles. The number of carbonyl (C=O) groups is 2. The van der Waals surface area contributed by atoms with E-state index in [1.54, 1.807) is 56.3 Å². The van der Waals surface area contributed by atoms with Gasteiger partial charge in [-0.15, -0.1) is 0 Å². The van der Waals surface area contributed by atoms with Crippen molar-refractivity contribution < 1.29 is 18.0 Å². The van der Waals surface area contributed by atoms with Crippen molar-refractivity contribution in [2.24, 2.45) is 0 Å². The lowest BCUT2D eigenvalue weighted by Crippen LogP contribution is -2.52. The Morgan fingerprint density at radius 3 is 2.08 bits per heavy atom. The Balaban J connectivity index is 2.09. The smallest absolute Gasteiger partial charge is 0.264 e. The van der Waals surface area contributed by atoms with Gasteiger partial charge in [0.1, 0.15) is 12.6 Å². The minimum absolute atomic E-state index is 0.00365. The molecule has 3 aromatic carbocycles. The zero-order chi connectivity index (χ0) is 27.9. The van der Waals surface area contributed by atoms with Crippen LogP contribution in [-0.4, -0.2) is 44.3 Å². The third kappa shape index (κ3) is 7.20. The minimum Gasteiger partial charge on any atom is -0.355 e. The molecular formula is C27H28Cl3N3O4S. The first-order chi connectivity index (χ1) is 18.1. The van der Waals surface area contributed by atoms with Crippen LogP contribution in [0.25, 0.3) is 0 Å². The van der Waals surface area contributed by atoms with E-state index < -0.39 is 28.5 Å². The summed E-state index contributed by atoms with van der Waals surface area (Å²) in [6.45, 7) is 3.33. The lowest BCUT2D eigenvalue weighted by molar-refractivity contribution is -0.140. The number of hydrogen-bond acceptors (Lipinski definition) is 4. The Kier molecular flexibility index (Phi) is 10.4. The number of hydrogen-bond donors (Lipinski definition) is 1. The number of rotatable bonds is 11. The Morgan fingerprint density at radius 1 is 0.895 bits per heavy atom. The van der Waals surface area contributed by atoms with Crippen LogP contribution in [-0.2, 0) is 26.2 Å². The van der Waals surface area contributed by atoms with Crippen LogP contribution >= 0.6 is 34.8 Å². The van der Waals surface area contributed by atoms with Crippen LogP contribution in [0.5, 0.6) is 0 Å². The van der Waals surface area contributed by atoms with Gasteiger partial charge in [-0.05, 0) is 55.3 Å². The number of anilines is 1. The number of likely N-dealkylation sites (N-methyl/N-ethyl adjacent to an activating group) is 1. The van der Waals surface area contributed by atoms with Crippen LogP contribution in [0.4, 0.5) is 5.69 Å². The summed E-state index contributed by atoms with van der Waals surface area (Å²) in [5.41, 5.74) is 0.733. The average Bonchev–Trinajstić information content (AvgIpc) is 2.88. The summed E-state index contributed by atoms with van der Waals surface area (Å²) in [7, 11) is -4.22. The molecule has 0 aliphatic carbocycles. The maximum atomic E-state index is 13.9. The zero-order valence-electron chi connectivity index (χ0n) is 20.9. The molecule has 38 heavy (non-hydrogen) atoms.